The van der Waals surface area contributed by atoms with Crippen molar-refractivity contribution in [1.82, 2.24) is 5.32 Å². The zero-order chi connectivity index (χ0) is 12.0. The molecule has 0 heterocycles. The number of carbonyl (C=O) groups excluding carboxylic acids is 1. The summed E-state index contributed by atoms with van der Waals surface area (Å²) in [6.45, 7) is 0. The second kappa shape index (κ2) is 6.78. The maximum Gasteiger partial charge on any atom is 0.326 e. The summed E-state index contributed by atoms with van der Waals surface area (Å²) in [4.78, 5) is 22.6. The molecule has 0 aliphatic heterocycles. The molecule has 1 rings (SSSR count). The molecule has 0 saturated heterocycles. The van der Waals surface area contributed by atoms with Crippen LogP contribution in [0, 0.1) is 5.92 Å². The Morgan fingerprint density at radius 2 is 1.94 bits per heavy atom. The van der Waals surface area contributed by atoms with Crippen LogP contribution in [0.4, 0.5) is 0 Å². The first kappa shape index (κ1) is 13.4. The molecule has 1 saturated carbocycles. The quantitative estimate of drug-likeness (QED) is 0.642. The summed E-state index contributed by atoms with van der Waals surface area (Å²) < 4.78 is 0. The van der Waals surface area contributed by atoms with Crippen molar-refractivity contribution in [3.63, 3.8) is 0 Å². The number of nitrogens with one attached hydrogen (secondary N) is 1. The molecule has 1 aliphatic rings. The largest absolute Gasteiger partial charge is 0.480 e. The van der Waals surface area contributed by atoms with Gasteiger partial charge in [-0.25, -0.2) is 4.79 Å². The minimum atomic E-state index is -0.974. The van der Waals surface area contributed by atoms with Gasteiger partial charge in [-0.3, -0.25) is 4.79 Å². The topological polar surface area (TPSA) is 66.4 Å². The third kappa shape index (κ3) is 4.04. The van der Waals surface area contributed by atoms with E-state index in [1.54, 1.807) is 0 Å². The van der Waals surface area contributed by atoms with Crippen LogP contribution in [0.15, 0.2) is 0 Å². The second-order valence-electron chi connectivity index (χ2n) is 4.25. The van der Waals surface area contributed by atoms with E-state index in [4.69, 9.17) is 5.11 Å². The summed E-state index contributed by atoms with van der Waals surface area (Å²) in [6, 6.07) is -0.785. The molecule has 5 heteroatoms. The highest BCUT2D eigenvalue weighted by Gasteiger charge is 2.25. The Kier molecular flexibility index (Phi) is 5.66. The number of carboxylic acids is 1. The smallest absolute Gasteiger partial charge is 0.326 e. The van der Waals surface area contributed by atoms with Crippen LogP contribution in [0.25, 0.3) is 0 Å². The SMILES string of the molecule is O=C(NC(CCS)C(=O)O)C1CCCCC1. The molecular formula is C11H19NO3S. The van der Waals surface area contributed by atoms with Gasteiger partial charge in [-0.05, 0) is 25.0 Å². The van der Waals surface area contributed by atoms with Gasteiger partial charge < -0.3 is 10.4 Å². The summed E-state index contributed by atoms with van der Waals surface area (Å²) in [5.74, 6) is -0.607. The van der Waals surface area contributed by atoms with Crippen molar-refractivity contribution in [3.8, 4) is 0 Å². The van der Waals surface area contributed by atoms with Gasteiger partial charge in [0.25, 0.3) is 0 Å². The number of aliphatic carboxylic acids is 1. The van der Waals surface area contributed by atoms with E-state index < -0.39 is 12.0 Å². The fourth-order valence-corrected chi connectivity index (χ4v) is 2.30. The first-order valence-corrected chi connectivity index (χ1v) is 6.42. The molecular weight excluding hydrogens is 226 g/mol. The predicted octanol–water partition coefficient (Wildman–Crippen LogP) is 1.46. The molecule has 0 aromatic rings. The lowest BCUT2D eigenvalue weighted by molar-refractivity contribution is -0.142. The lowest BCUT2D eigenvalue weighted by atomic mass is 9.88. The van der Waals surface area contributed by atoms with Gasteiger partial charge in [0.15, 0.2) is 0 Å². The molecule has 92 valence electrons. The Morgan fingerprint density at radius 1 is 1.31 bits per heavy atom. The minimum absolute atomic E-state index is 0.00974. The van der Waals surface area contributed by atoms with E-state index >= 15 is 0 Å². The number of amides is 1. The summed E-state index contributed by atoms with van der Waals surface area (Å²) in [5.41, 5.74) is 0. The van der Waals surface area contributed by atoms with Crippen LogP contribution in [-0.2, 0) is 9.59 Å². The lowest BCUT2D eigenvalue weighted by Crippen LogP contribution is -2.44. The van der Waals surface area contributed by atoms with Crippen LogP contribution in [0.1, 0.15) is 38.5 Å². The zero-order valence-corrected chi connectivity index (χ0v) is 10.2. The highest BCUT2D eigenvalue weighted by Crippen LogP contribution is 2.23. The minimum Gasteiger partial charge on any atom is -0.480 e. The predicted molar refractivity (Wildman–Crippen MR) is 64.6 cm³/mol. The average molecular weight is 245 g/mol. The van der Waals surface area contributed by atoms with Gasteiger partial charge in [0, 0.05) is 5.92 Å². The fraction of sp³-hybridized carbons (Fsp3) is 0.818. The van der Waals surface area contributed by atoms with Crippen LogP contribution in [0.2, 0.25) is 0 Å². The number of carboxylic acid groups (broad SMARTS) is 1. The highest BCUT2D eigenvalue weighted by molar-refractivity contribution is 7.80. The summed E-state index contributed by atoms with van der Waals surface area (Å²) in [7, 11) is 0. The molecule has 0 spiro atoms. The molecule has 4 nitrogen and oxygen atoms in total. The van der Waals surface area contributed by atoms with Gasteiger partial charge in [0.05, 0.1) is 0 Å². The molecule has 1 unspecified atom stereocenters. The van der Waals surface area contributed by atoms with Crippen molar-refractivity contribution in [2.45, 2.75) is 44.6 Å². The maximum atomic E-state index is 11.8. The first-order valence-electron chi connectivity index (χ1n) is 5.79. The van der Waals surface area contributed by atoms with Gasteiger partial charge in [-0.15, -0.1) is 0 Å². The normalized spacial score (nSPS) is 19.1. The van der Waals surface area contributed by atoms with Gasteiger partial charge >= 0.3 is 5.97 Å². The van der Waals surface area contributed by atoms with E-state index in [1.165, 1.54) is 6.42 Å². The third-order valence-electron chi connectivity index (χ3n) is 3.01. The van der Waals surface area contributed by atoms with Gasteiger partial charge in [0.1, 0.15) is 6.04 Å². The van der Waals surface area contributed by atoms with Crippen LogP contribution >= 0.6 is 12.6 Å². The Bertz CT molecular complexity index is 252. The van der Waals surface area contributed by atoms with Crippen molar-refractivity contribution < 1.29 is 14.7 Å². The van der Waals surface area contributed by atoms with Gasteiger partial charge in [-0.1, -0.05) is 19.3 Å². The highest BCUT2D eigenvalue weighted by atomic mass is 32.1. The summed E-state index contributed by atoms with van der Waals surface area (Å²) >= 11 is 3.99. The lowest BCUT2D eigenvalue weighted by Gasteiger charge is -2.23. The molecule has 1 atom stereocenters. The number of hydrogen-bond donors (Lipinski definition) is 3. The molecule has 16 heavy (non-hydrogen) atoms. The van der Waals surface area contributed by atoms with Crippen LogP contribution in [0.5, 0.6) is 0 Å². The van der Waals surface area contributed by atoms with Crippen molar-refractivity contribution in [1.29, 1.82) is 0 Å². The fourth-order valence-electron chi connectivity index (χ4n) is 2.04. The Hall–Kier alpha value is -0.710. The monoisotopic (exact) mass is 245 g/mol. The van der Waals surface area contributed by atoms with E-state index in [1.807, 2.05) is 0 Å². The summed E-state index contributed by atoms with van der Waals surface area (Å²) in [6.07, 6.45) is 5.47. The molecule has 0 aromatic carbocycles. The zero-order valence-electron chi connectivity index (χ0n) is 9.32. The molecule has 1 aliphatic carbocycles. The Morgan fingerprint density at radius 3 is 2.44 bits per heavy atom. The average Bonchev–Trinajstić information content (AvgIpc) is 2.29. The van der Waals surface area contributed by atoms with Crippen molar-refractivity contribution in [2.75, 3.05) is 5.75 Å². The van der Waals surface area contributed by atoms with E-state index in [2.05, 4.69) is 17.9 Å². The molecule has 0 bridgehead atoms. The molecule has 1 fully saturated rings. The number of rotatable bonds is 5. The number of carbonyl (C=O) groups is 2. The van der Waals surface area contributed by atoms with Crippen LogP contribution in [0.3, 0.4) is 0 Å². The molecule has 2 N–H and O–H groups in total. The van der Waals surface area contributed by atoms with Crippen LogP contribution < -0.4 is 5.32 Å². The standard InChI is InChI=1S/C11H19NO3S/c13-10(8-4-2-1-3-5-8)12-9(6-7-16)11(14)15/h8-9,16H,1-7H2,(H,12,13)(H,14,15). The third-order valence-corrected chi connectivity index (χ3v) is 3.27. The maximum absolute atomic E-state index is 11.8. The van der Waals surface area contributed by atoms with E-state index in [0.717, 1.165) is 25.7 Å². The van der Waals surface area contributed by atoms with E-state index in [0.29, 0.717) is 12.2 Å². The van der Waals surface area contributed by atoms with Crippen molar-refractivity contribution in [2.24, 2.45) is 5.92 Å². The first-order chi connectivity index (χ1) is 7.65. The van der Waals surface area contributed by atoms with E-state index in [-0.39, 0.29) is 11.8 Å². The van der Waals surface area contributed by atoms with Crippen molar-refractivity contribution >= 4 is 24.5 Å². The molecule has 1 amide bonds. The number of hydrogen-bond acceptors (Lipinski definition) is 3. The number of thiol groups is 1. The second-order valence-corrected chi connectivity index (χ2v) is 4.69. The Labute approximate surface area is 101 Å². The van der Waals surface area contributed by atoms with Crippen LogP contribution in [-0.4, -0.2) is 28.8 Å². The van der Waals surface area contributed by atoms with E-state index in [9.17, 15) is 9.59 Å². The van der Waals surface area contributed by atoms with Gasteiger partial charge in [0.2, 0.25) is 5.91 Å². The molecule has 0 aromatic heterocycles. The molecule has 0 radical (unpaired) electrons. The summed E-state index contributed by atoms with van der Waals surface area (Å²) in [5, 5.41) is 11.5. The van der Waals surface area contributed by atoms with Gasteiger partial charge in [-0.2, -0.15) is 12.6 Å². The Balaban J connectivity index is 2.43. The van der Waals surface area contributed by atoms with Crippen molar-refractivity contribution in [3.05, 3.63) is 0 Å².